The van der Waals surface area contributed by atoms with Gasteiger partial charge in [0.1, 0.15) is 0 Å². The lowest BCUT2D eigenvalue weighted by Gasteiger charge is -2.18. The van der Waals surface area contributed by atoms with Gasteiger partial charge in [0.25, 0.3) is 0 Å². The van der Waals surface area contributed by atoms with Gasteiger partial charge in [-0.25, -0.2) is 0 Å². The second-order valence-electron chi connectivity index (χ2n) is 9.02. The standard InChI is InChI=1S/C23H26N4O/c1-15-5-7-16(8-6-15)18-11-19(21(28)14-23(2,3)4)13-20(12-18)27-22(17-9-10-17)24-25-26-27/h5-8,11-13,17H,9-10,14H2,1-4H3. The molecular weight excluding hydrogens is 348 g/mol. The summed E-state index contributed by atoms with van der Waals surface area (Å²) >= 11 is 0. The molecule has 1 fully saturated rings. The number of nitrogens with zero attached hydrogens (tertiary/aromatic N) is 4. The Balaban J connectivity index is 1.82. The Bertz CT molecular complexity index is 1010. The summed E-state index contributed by atoms with van der Waals surface area (Å²) in [4.78, 5) is 13.0. The monoisotopic (exact) mass is 374 g/mol. The number of ketones is 1. The summed E-state index contributed by atoms with van der Waals surface area (Å²) in [5.74, 6) is 1.45. The van der Waals surface area contributed by atoms with Crippen LogP contribution in [0, 0.1) is 12.3 Å². The third kappa shape index (κ3) is 4.03. The quantitative estimate of drug-likeness (QED) is 0.581. The molecule has 0 aliphatic heterocycles. The average molecular weight is 374 g/mol. The highest BCUT2D eigenvalue weighted by atomic mass is 16.1. The highest BCUT2D eigenvalue weighted by Gasteiger charge is 2.30. The molecule has 5 nitrogen and oxygen atoms in total. The molecule has 5 heteroatoms. The first-order valence-corrected chi connectivity index (χ1v) is 9.84. The number of aromatic nitrogens is 4. The van der Waals surface area contributed by atoms with Crippen molar-refractivity contribution < 1.29 is 4.79 Å². The summed E-state index contributed by atoms with van der Waals surface area (Å²) in [6, 6.07) is 14.3. The molecule has 3 aromatic rings. The molecule has 1 saturated carbocycles. The minimum atomic E-state index is -0.0644. The molecule has 0 saturated heterocycles. The number of hydrogen-bond acceptors (Lipinski definition) is 4. The molecule has 1 heterocycles. The van der Waals surface area contributed by atoms with Crippen LogP contribution in [0.5, 0.6) is 0 Å². The number of benzene rings is 2. The highest BCUT2D eigenvalue weighted by Crippen LogP contribution is 2.39. The first-order valence-electron chi connectivity index (χ1n) is 9.84. The van der Waals surface area contributed by atoms with Gasteiger partial charge in [0.2, 0.25) is 0 Å². The van der Waals surface area contributed by atoms with Gasteiger partial charge in [-0.15, -0.1) is 5.10 Å². The Labute approximate surface area is 165 Å². The number of carbonyl (C=O) groups excluding carboxylic acids is 1. The third-order valence-electron chi connectivity index (χ3n) is 5.00. The maximum absolute atomic E-state index is 13.0. The summed E-state index contributed by atoms with van der Waals surface area (Å²) in [6.07, 6.45) is 2.73. The van der Waals surface area contributed by atoms with E-state index in [1.54, 1.807) is 4.68 Å². The lowest BCUT2D eigenvalue weighted by molar-refractivity contribution is 0.0940. The van der Waals surface area contributed by atoms with Gasteiger partial charge in [-0.2, -0.15) is 4.68 Å². The minimum Gasteiger partial charge on any atom is -0.294 e. The Kier molecular flexibility index (Phi) is 4.61. The molecule has 0 atom stereocenters. The van der Waals surface area contributed by atoms with Crippen LogP contribution in [-0.4, -0.2) is 26.0 Å². The van der Waals surface area contributed by atoms with Gasteiger partial charge in [0.05, 0.1) is 5.69 Å². The molecule has 2 aromatic carbocycles. The largest absolute Gasteiger partial charge is 0.294 e. The zero-order valence-corrected chi connectivity index (χ0v) is 16.9. The summed E-state index contributed by atoms with van der Waals surface area (Å²) in [5, 5.41) is 12.3. The fourth-order valence-electron chi connectivity index (χ4n) is 3.36. The van der Waals surface area contributed by atoms with Crippen LogP contribution in [0.3, 0.4) is 0 Å². The van der Waals surface area contributed by atoms with Gasteiger partial charge in [-0.05, 0) is 64.9 Å². The van der Waals surface area contributed by atoms with E-state index < -0.39 is 0 Å². The van der Waals surface area contributed by atoms with Crippen molar-refractivity contribution in [2.75, 3.05) is 0 Å². The maximum atomic E-state index is 13.0. The van der Waals surface area contributed by atoms with Crippen molar-refractivity contribution in [2.45, 2.75) is 52.9 Å². The number of tetrazole rings is 1. The van der Waals surface area contributed by atoms with Crippen molar-refractivity contribution in [2.24, 2.45) is 5.41 Å². The van der Waals surface area contributed by atoms with Crippen molar-refractivity contribution in [3.05, 3.63) is 59.4 Å². The van der Waals surface area contributed by atoms with Crippen molar-refractivity contribution >= 4 is 5.78 Å². The van der Waals surface area contributed by atoms with E-state index in [9.17, 15) is 4.79 Å². The molecule has 4 rings (SSSR count). The van der Waals surface area contributed by atoms with Crippen LogP contribution in [-0.2, 0) is 0 Å². The molecule has 144 valence electrons. The van der Waals surface area contributed by atoms with Crippen molar-refractivity contribution in [1.29, 1.82) is 0 Å². The number of rotatable bonds is 5. The smallest absolute Gasteiger partial charge is 0.163 e. The molecule has 1 aliphatic rings. The van der Waals surface area contributed by atoms with E-state index in [-0.39, 0.29) is 11.2 Å². The van der Waals surface area contributed by atoms with Gasteiger partial charge < -0.3 is 0 Å². The van der Waals surface area contributed by atoms with Gasteiger partial charge in [0.15, 0.2) is 11.6 Å². The van der Waals surface area contributed by atoms with Crippen molar-refractivity contribution in [3.8, 4) is 16.8 Å². The Hall–Kier alpha value is -2.82. The van der Waals surface area contributed by atoms with Crippen LogP contribution in [0.1, 0.15) is 67.7 Å². The molecule has 0 bridgehead atoms. The van der Waals surface area contributed by atoms with E-state index in [4.69, 9.17) is 0 Å². The van der Waals surface area contributed by atoms with Crippen molar-refractivity contribution in [3.63, 3.8) is 0 Å². The predicted octanol–water partition coefficient (Wildman–Crippen LogP) is 5.13. The topological polar surface area (TPSA) is 60.7 Å². The van der Waals surface area contributed by atoms with Gasteiger partial charge in [-0.1, -0.05) is 50.6 Å². The first-order chi connectivity index (χ1) is 13.3. The number of aryl methyl sites for hydroxylation is 1. The van der Waals surface area contributed by atoms with E-state index in [0.717, 1.165) is 35.5 Å². The van der Waals surface area contributed by atoms with Crippen LogP contribution in [0.25, 0.3) is 16.8 Å². The number of carbonyl (C=O) groups is 1. The lowest BCUT2D eigenvalue weighted by Crippen LogP contribution is -2.14. The summed E-state index contributed by atoms with van der Waals surface area (Å²) in [5.41, 5.74) is 4.79. The van der Waals surface area contributed by atoms with Crippen LogP contribution in [0.4, 0.5) is 0 Å². The Morgan fingerprint density at radius 1 is 1.07 bits per heavy atom. The van der Waals surface area contributed by atoms with Crippen LogP contribution < -0.4 is 0 Å². The molecule has 0 N–H and O–H groups in total. The second kappa shape index (κ2) is 6.97. The molecule has 1 aromatic heterocycles. The van der Waals surface area contributed by atoms with E-state index in [1.807, 2.05) is 12.1 Å². The van der Waals surface area contributed by atoms with Crippen LogP contribution in [0.15, 0.2) is 42.5 Å². The predicted molar refractivity (Wildman–Crippen MR) is 110 cm³/mol. The normalized spacial score (nSPS) is 14.3. The maximum Gasteiger partial charge on any atom is 0.163 e. The third-order valence-corrected chi connectivity index (χ3v) is 5.00. The summed E-state index contributed by atoms with van der Waals surface area (Å²) in [7, 11) is 0. The first kappa shape index (κ1) is 18.5. The van der Waals surface area contributed by atoms with Gasteiger partial charge >= 0.3 is 0 Å². The second-order valence-corrected chi connectivity index (χ2v) is 9.02. The van der Waals surface area contributed by atoms with E-state index >= 15 is 0 Å². The summed E-state index contributed by atoms with van der Waals surface area (Å²) < 4.78 is 1.79. The molecule has 0 amide bonds. The zero-order valence-electron chi connectivity index (χ0n) is 16.9. The van der Waals surface area contributed by atoms with E-state index in [0.29, 0.717) is 17.9 Å². The SMILES string of the molecule is Cc1ccc(-c2cc(C(=O)CC(C)(C)C)cc(-n3nnnc3C3CC3)c2)cc1. The molecular formula is C23H26N4O. The molecule has 0 radical (unpaired) electrons. The van der Waals surface area contributed by atoms with Crippen LogP contribution in [0.2, 0.25) is 0 Å². The molecule has 0 spiro atoms. The minimum absolute atomic E-state index is 0.0644. The number of hydrogen-bond donors (Lipinski definition) is 0. The van der Waals surface area contributed by atoms with Crippen LogP contribution >= 0.6 is 0 Å². The lowest BCUT2D eigenvalue weighted by atomic mass is 9.87. The number of Topliss-reactive ketones (excluding diaryl/α,β-unsaturated/α-hetero) is 1. The van der Waals surface area contributed by atoms with Gasteiger partial charge in [-0.3, -0.25) is 4.79 Å². The Morgan fingerprint density at radius 3 is 2.43 bits per heavy atom. The van der Waals surface area contributed by atoms with E-state index in [2.05, 4.69) is 73.6 Å². The average Bonchev–Trinajstić information content (AvgIpc) is 3.37. The molecule has 28 heavy (non-hydrogen) atoms. The Morgan fingerprint density at radius 2 is 1.79 bits per heavy atom. The van der Waals surface area contributed by atoms with Gasteiger partial charge in [0, 0.05) is 17.9 Å². The molecule has 0 unspecified atom stereocenters. The summed E-state index contributed by atoms with van der Waals surface area (Å²) in [6.45, 7) is 8.33. The highest BCUT2D eigenvalue weighted by molar-refractivity contribution is 5.98. The zero-order chi connectivity index (χ0) is 19.9. The van der Waals surface area contributed by atoms with E-state index in [1.165, 1.54) is 5.56 Å². The molecule has 1 aliphatic carbocycles. The fraction of sp³-hybridized carbons (Fsp3) is 0.391. The fourth-order valence-corrected chi connectivity index (χ4v) is 3.36. The van der Waals surface area contributed by atoms with Crippen molar-refractivity contribution in [1.82, 2.24) is 20.2 Å².